The number of aromatic nitrogens is 1. The Bertz CT molecular complexity index is 650. The van der Waals surface area contributed by atoms with Crippen molar-refractivity contribution in [3.8, 4) is 11.5 Å². The van der Waals surface area contributed by atoms with E-state index in [-0.39, 0.29) is 12.5 Å². The van der Waals surface area contributed by atoms with E-state index >= 15 is 0 Å². The lowest BCUT2D eigenvalue weighted by Crippen LogP contribution is -2.32. The molecule has 2 heterocycles. The quantitative estimate of drug-likeness (QED) is 0.879. The number of carboxylic acids is 1. The number of nitrogens with zero attached hydrogens (tertiary/aromatic N) is 1. The minimum absolute atomic E-state index is 0.0769. The second kappa shape index (κ2) is 6.21. The fourth-order valence-corrected chi connectivity index (χ4v) is 1.79. The van der Waals surface area contributed by atoms with Gasteiger partial charge in [0.1, 0.15) is 5.69 Å². The van der Waals surface area contributed by atoms with Gasteiger partial charge in [0.2, 0.25) is 0 Å². The summed E-state index contributed by atoms with van der Waals surface area (Å²) in [4.78, 5) is 27.1. The Balaban J connectivity index is 2.10. The molecule has 0 aliphatic heterocycles. The van der Waals surface area contributed by atoms with E-state index in [9.17, 15) is 9.59 Å². The molecular weight excluding hydrogens is 272 g/mol. The molecule has 2 aromatic heterocycles. The van der Waals surface area contributed by atoms with Gasteiger partial charge in [0.15, 0.2) is 5.76 Å². The van der Waals surface area contributed by atoms with Crippen molar-refractivity contribution in [1.29, 1.82) is 0 Å². The van der Waals surface area contributed by atoms with E-state index in [1.807, 2.05) is 0 Å². The minimum atomic E-state index is -0.946. The number of aryl methyl sites for hydroxylation is 1. The molecule has 0 spiro atoms. The molecule has 110 valence electrons. The van der Waals surface area contributed by atoms with Gasteiger partial charge in [-0.1, -0.05) is 6.92 Å². The van der Waals surface area contributed by atoms with Crippen LogP contribution in [0.1, 0.15) is 23.0 Å². The number of furan rings is 1. The van der Waals surface area contributed by atoms with Crippen LogP contribution in [-0.4, -0.2) is 28.5 Å². The molecule has 2 aromatic rings. The van der Waals surface area contributed by atoms with Gasteiger partial charge >= 0.3 is 5.97 Å². The number of amides is 1. The van der Waals surface area contributed by atoms with Crippen LogP contribution >= 0.6 is 0 Å². The summed E-state index contributed by atoms with van der Waals surface area (Å²) in [6, 6.07) is 6.90. The minimum Gasteiger partial charge on any atom is -0.481 e. The van der Waals surface area contributed by atoms with Gasteiger partial charge in [-0.25, -0.2) is 4.98 Å². The highest BCUT2D eigenvalue weighted by Gasteiger charge is 2.15. The summed E-state index contributed by atoms with van der Waals surface area (Å²) in [5.41, 5.74) is 1.63. The number of pyridine rings is 1. The second-order valence-electron chi connectivity index (χ2n) is 4.76. The van der Waals surface area contributed by atoms with Crippen LogP contribution in [0.25, 0.3) is 11.5 Å². The molecule has 2 N–H and O–H groups in total. The summed E-state index contributed by atoms with van der Waals surface area (Å²) in [6.45, 7) is 3.34. The number of hydrogen-bond donors (Lipinski definition) is 2. The molecular formula is C15H16N2O4. The fraction of sp³-hybridized carbons (Fsp3) is 0.267. The molecule has 0 saturated heterocycles. The molecule has 1 amide bonds. The highest BCUT2D eigenvalue weighted by molar-refractivity contribution is 5.95. The Labute approximate surface area is 121 Å². The van der Waals surface area contributed by atoms with Crippen LogP contribution in [0.3, 0.4) is 0 Å². The maximum atomic E-state index is 12.0. The lowest BCUT2D eigenvalue weighted by Gasteiger charge is -2.10. The van der Waals surface area contributed by atoms with Gasteiger partial charge in [-0.15, -0.1) is 0 Å². The summed E-state index contributed by atoms with van der Waals surface area (Å²) in [5, 5.41) is 11.4. The number of carbonyl (C=O) groups excluding carboxylic acids is 1. The van der Waals surface area contributed by atoms with Crippen LogP contribution in [-0.2, 0) is 4.79 Å². The van der Waals surface area contributed by atoms with Crippen molar-refractivity contribution in [2.45, 2.75) is 13.8 Å². The third-order valence-corrected chi connectivity index (χ3v) is 3.09. The van der Waals surface area contributed by atoms with E-state index in [4.69, 9.17) is 9.52 Å². The Kier molecular flexibility index (Phi) is 4.37. The summed E-state index contributed by atoms with van der Waals surface area (Å²) < 4.78 is 5.25. The van der Waals surface area contributed by atoms with Crippen molar-refractivity contribution >= 4 is 11.9 Å². The van der Waals surface area contributed by atoms with Crippen molar-refractivity contribution < 1.29 is 19.1 Å². The van der Waals surface area contributed by atoms with Gasteiger partial charge in [0.25, 0.3) is 5.91 Å². The molecule has 0 aliphatic carbocycles. The Morgan fingerprint density at radius 3 is 2.71 bits per heavy atom. The lowest BCUT2D eigenvalue weighted by molar-refractivity contribution is -0.140. The molecule has 1 unspecified atom stereocenters. The number of rotatable bonds is 5. The molecule has 6 heteroatoms. The van der Waals surface area contributed by atoms with E-state index in [1.165, 1.54) is 6.92 Å². The summed E-state index contributed by atoms with van der Waals surface area (Å²) in [6.07, 6.45) is 1.56. The molecule has 21 heavy (non-hydrogen) atoms. The fourth-order valence-electron chi connectivity index (χ4n) is 1.79. The van der Waals surface area contributed by atoms with Crippen LogP contribution in [0.2, 0.25) is 0 Å². The molecule has 0 aromatic carbocycles. The smallest absolute Gasteiger partial charge is 0.308 e. The van der Waals surface area contributed by atoms with E-state index in [0.29, 0.717) is 22.7 Å². The third kappa shape index (κ3) is 3.47. The van der Waals surface area contributed by atoms with Crippen molar-refractivity contribution in [3.63, 3.8) is 0 Å². The number of aliphatic carboxylic acids is 1. The summed E-state index contributed by atoms with van der Waals surface area (Å²) >= 11 is 0. The van der Waals surface area contributed by atoms with Crippen LogP contribution in [0.5, 0.6) is 0 Å². The van der Waals surface area contributed by atoms with Crippen LogP contribution < -0.4 is 5.32 Å². The van der Waals surface area contributed by atoms with Gasteiger partial charge in [-0.3, -0.25) is 9.59 Å². The maximum Gasteiger partial charge on any atom is 0.308 e. The van der Waals surface area contributed by atoms with E-state index in [1.54, 1.807) is 37.5 Å². The van der Waals surface area contributed by atoms with E-state index in [2.05, 4.69) is 10.3 Å². The first-order valence-corrected chi connectivity index (χ1v) is 6.51. The monoisotopic (exact) mass is 288 g/mol. The Hall–Kier alpha value is -2.63. The number of carboxylic acid groups (broad SMARTS) is 1. The Morgan fingerprint density at radius 1 is 1.38 bits per heavy atom. The van der Waals surface area contributed by atoms with Crippen LogP contribution in [0.15, 0.2) is 34.9 Å². The second-order valence-corrected chi connectivity index (χ2v) is 4.76. The molecule has 0 radical (unpaired) electrons. The molecule has 1 atom stereocenters. The number of hydrogen-bond acceptors (Lipinski definition) is 4. The van der Waals surface area contributed by atoms with Gasteiger partial charge in [0, 0.05) is 6.54 Å². The standard InChI is InChI=1S/C15H16N2O4/c1-9(15(19)20)8-16-14(18)11-5-6-12(17-10(11)2)13-4-3-7-21-13/h3-7,9H,8H2,1-2H3,(H,16,18)(H,19,20). The average molecular weight is 288 g/mol. The summed E-state index contributed by atoms with van der Waals surface area (Å²) in [5.74, 6) is -1.29. The topological polar surface area (TPSA) is 92.4 Å². The SMILES string of the molecule is Cc1nc(-c2ccco2)ccc1C(=O)NCC(C)C(=O)O. The van der Waals surface area contributed by atoms with Crippen LogP contribution in [0, 0.1) is 12.8 Å². The first kappa shape index (κ1) is 14.8. The van der Waals surface area contributed by atoms with E-state index < -0.39 is 11.9 Å². The first-order valence-electron chi connectivity index (χ1n) is 6.51. The van der Waals surface area contributed by atoms with Crippen LogP contribution in [0.4, 0.5) is 0 Å². The molecule has 6 nitrogen and oxygen atoms in total. The van der Waals surface area contributed by atoms with Crippen molar-refractivity contribution in [2.24, 2.45) is 5.92 Å². The highest BCUT2D eigenvalue weighted by Crippen LogP contribution is 2.19. The zero-order chi connectivity index (χ0) is 15.4. The zero-order valence-corrected chi connectivity index (χ0v) is 11.8. The van der Waals surface area contributed by atoms with Gasteiger partial charge < -0.3 is 14.8 Å². The van der Waals surface area contributed by atoms with Gasteiger partial charge in [-0.2, -0.15) is 0 Å². The molecule has 0 aliphatic rings. The molecule has 2 rings (SSSR count). The zero-order valence-electron chi connectivity index (χ0n) is 11.8. The first-order chi connectivity index (χ1) is 9.99. The third-order valence-electron chi connectivity index (χ3n) is 3.09. The van der Waals surface area contributed by atoms with E-state index in [0.717, 1.165) is 0 Å². The Morgan fingerprint density at radius 2 is 2.14 bits per heavy atom. The van der Waals surface area contributed by atoms with Gasteiger partial charge in [0.05, 0.1) is 23.4 Å². The van der Waals surface area contributed by atoms with Crippen molar-refractivity contribution in [1.82, 2.24) is 10.3 Å². The van der Waals surface area contributed by atoms with Crippen molar-refractivity contribution in [2.75, 3.05) is 6.54 Å². The molecule has 0 fully saturated rings. The molecule has 0 bridgehead atoms. The van der Waals surface area contributed by atoms with Crippen molar-refractivity contribution in [3.05, 3.63) is 41.8 Å². The average Bonchev–Trinajstić information content (AvgIpc) is 2.98. The maximum absolute atomic E-state index is 12.0. The number of carbonyl (C=O) groups is 2. The molecule has 0 saturated carbocycles. The highest BCUT2D eigenvalue weighted by atomic mass is 16.4. The lowest BCUT2D eigenvalue weighted by atomic mass is 10.1. The van der Waals surface area contributed by atoms with Gasteiger partial charge in [-0.05, 0) is 31.2 Å². The number of nitrogens with one attached hydrogen (secondary N) is 1. The predicted octanol–water partition coefficient (Wildman–Crippen LogP) is 2.10. The predicted molar refractivity (Wildman–Crippen MR) is 75.8 cm³/mol. The summed E-state index contributed by atoms with van der Waals surface area (Å²) in [7, 11) is 0. The largest absolute Gasteiger partial charge is 0.481 e. The normalized spacial score (nSPS) is 11.9.